The van der Waals surface area contributed by atoms with E-state index in [9.17, 15) is 0 Å². The molecule has 1 heterocycles. The molecular weight excluding hydrogens is 218 g/mol. The third-order valence-electron chi connectivity index (χ3n) is 2.54. The van der Waals surface area contributed by atoms with Crippen LogP contribution >= 0.6 is 11.3 Å². The van der Waals surface area contributed by atoms with Gasteiger partial charge in [0.15, 0.2) is 0 Å². The van der Waals surface area contributed by atoms with Crippen LogP contribution in [0.25, 0.3) is 10.6 Å². The molecule has 0 fully saturated rings. The molecule has 4 heteroatoms. The summed E-state index contributed by atoms with van der Waals surface area (Å²) in [6, 6.07) is 5.90. The lowest BCUT2D eigenvalue weighted by Gasteiger charge is -2.04. The fourth-order valence-electron chi connectivity index (χ4n) is 1.46. The Bertz CT molecular complexity index is 503. The van der Waals surface area contributed by atoms with Crippen molar-refractivity contribution in [2.45, 2.75) is 26.7 Å². The number of hydrogen-bond acceptors (Lipinski definition) is 4. The average molecular weight is 233 g/mol. The monoisotopic (exact) mass is 233 g/mol. The number of nitrogens with zero attached hydrogens (tertiary/aromatic N) is 2. The van der Waals surface area contributed by atoms with Crippen LogP contribution in [0.15, 0.2) is 18.2 Å². The van der Waals surface area contributed by atoms with Crippen molar-refractivity contribution in [1.82, 2.24) is 10.2 Å². The number of hydrogen-bond donors (Lipinski definition) is 1. The number of anilines is 1. The molecule has 0 aliphatic heterocycles. The van der Waals surface area contributed by atoms with Gasteiger partial charge >= 0.3 is 0 Å². The van der Waals surface area contributed by atoms with Crippen molar-refractivity contribution in [3.05, 3.63) is 28.8 Å². The Balaban J connectivity index is 2.47. The molecule has 16 heavy (non-hydrogen) atoms. The summed E-state index contributed by atoms with van der Waals surface area (Å²) in [5.74, 6) is 0.424. The molecule has 2 N–H and O–H groups in total. The van der Waals surface area contributed by atoms with Gasteiger partial charge in [-0.05, 0) is 18.6 Å². The third kappa shape index (κ3) is 1.93. The first kappa shape index (κ1) is 11.1. The molecule has 0 atom stereocenters. The molecule has 84 valence electrons. The fourth-order valence-corrected chi connectivity index (χ4v) is 2.39. The van der Waals surface area contributed by atoms with Crippen LogP contribution < -0.4 is 5.73 Å². The summed E-state index contributed by atoms with van der Waals surface area (Å²) in [4.78, 5) is 0. The van der Waals surface area contributed by atoms with Crippen molar-refractivity contribution in [2.24, 2.45) is 0 Å². The summed E-state index contributed by atoms with van der Waals surface area (Å²) in [6.45, 7) is 6.26. The Morgan fingerprint density at radius 3 is 2.62 bits per heavy atom. The zero-order valence-corrected chi connectivity index (χ0v) is 10.5. The Morgan fingerprint density at radius 2 is 2.00 bits per heavy atom. The summed E-state index contributed by atoms with van der Waals surface area (Å²) in [7, 11) is 0. The van der Waals surface area contributed by atoms with E-state index in [-0.39, 0.29) is 0 Å². The maximum Gasteiger partial charge on any atom is 0.148 e. The quantitative estimate of drug-likeness (QED) is 0.810. The van der Waals surface area contributed by atoms with Crippen LogP contribution in [0.3, 0.4) is 0 Å². The van der Waals surface area contributed by atoms with Crippen LogP contribution in [0, 0.1) is 6.92 Å². The summed E-state index contributed by atoms with van der Waals surface area (Å²) < 4.78 is 0. The minimum absolute atomic E-state index is 0.424. The van der Waals surface area contributed by atoms with Crippen molar-refractivity contribution in [3.8, 4) is 10.6 Å². The molecule has 0 amide bonds. The Labute approximate surface area is 99.3 Å². The third-order valence-corrected chi connectivity index (χ3v) is 3.80. The van der Waals surface area contributed by atoms with E-state index in [1.165, 1.54) is 0 Å². The highest BCUT2D eigenvalue weighted by Crippen LogP contribution is 2.31. The minimum atomic E-state index is 0.424. The molecule has 0 saturated heterocycles. The second kappa shape index (κ2) is 4.22. The summed E-state index contributed by atoms with van der Waals surface area (Å²) in [5.41, 5.74) is 8.85. The molecule has 1 aromatic heterocycles. The second-order valence-corrected chi connectivity index (χ2v) is 5.13. The Morgan fingerprint density at radius 1 is 1.25 bits per heavy atom. The summed E-state index contributed by atoms with van der Waals surface area (Å²) in [5, 5.41) is 10.4. The molecule has 0 aliphatic rings. The van der Waals surface area contributed by atoms with E-state index in [4.69, 9.17) is 5.73 Å². The van der Waals surface area contributed by atoms with Gasteiger partial charge in [0.05, 0.1) is 0 Å². The zero-order chi connectivity index (χ0) is 11.7. The maximum absolute atomic E-state index is 5.88. The first-order chi connectivity index (χ1) is 7.59. The van der Waals surface area contributed by atoms with E-state index < -0.39 is 0 Å². The van der Waals surface area contributed by atoms with Gasteiger partial charge in [-0.15, -0.1) is 10.2 Å². The van der Waals surface area contributed by atoms with E-state index in [0.717, 1.165) is 26.8 Å². The van der Waals surface area contributed by atoms with Crippen molar-refractivity contribution in [3.63, 3.8) is 0 Å². The largest absolute Gasteiger partial charge is 0.398 e. The molecular formula is C12H15N3S. The standard InChI is InChI=1S/C12H15N3S/c1-7(2)11-14-15-12(16-11)9-5-4-6-10(13)8(9)3/h4-7H,13H2,1-3H3. The van der Waals surface area contributed by atoms with Crippen LogP contribution in [-0.2, 0) is 0 Å². The summed E-state index contributed by atoms with van der Waals surface area (Å²) in [6.07, 6.45) is 0. The van der Waals surface area contributed by atoms with Gasteiger partial charge in [-0.1, -0.05) is 37.3 Å². The van der Waals surface area contributed by atoms with Gasteiger partial charge in [0.25, 0.3) is 0 Å². The normalized spacial score (nSPS) is 11.0. The number of nitrogen functional groups attached to an aromatic ring is 1. The highest BCUT2D eigenvalue weighted by atomic mass is 32.1. The predicted molar refractivity (Wildman–Crippen MR) is 68.6 cm³/mol. The molecule has 0 aliphatic carbocycles. The Kier molecular flexibility index (Phi) is 2.92. The molecule has 2 rings (SSSR count). The highest BCUT2D eigenvalue weighted by molar-refractivity contribution is 7.14. The van der Waals surface area contributed by atoms with Gasteiger partial charge in [0, 0.05) is 17.2 Å². The van der Waals surface area contributed by atoms with Gasteiger partial charge in [0.1, 0.15) is 10.0 Å². The lowest BCUT2D eigenvalue weighted by Crippen LogP contribution is -1.91. The number of aromatic nitrogens is 2. The molecule has 0 unspecified atom stereocenters. The highest BCUT2D eigenvalue weighted by Gasteiger charge is 2.11. The number of benzene rings is 1. The van der Waals surface area contributed by atoms with E-state index in [2.05, 4.69) is 24.0 Å². The molecule has 3 nitrogen and oxygen atoms in total. The molecule has 0 saturated carbocycles. The molecule has 0 radical (unpaired) electrons. The fraction of sp³-hybridized carbons (Fsp3) is 0.333. The smallest absolute Gasteiger partial charge is 0.148 e. The van der Waals surface area contributed by atoms with Crippen LogP contribution in [0.4, 0.5) is 5.69 Å². The van der Waals surface area contributed by atoms with Gasteiger partial charge < -0.3 is 5.73 Å². The molecule has 0 spiro atoms. The molecule has 1 aromatic carbocycles. The average Bonchev–Trinajstić information content (AvgIpc) is 2.71. The van der Waals surface area contributed by atoms with E-state index in [1.54, 1.807) is 11.3 Å². The topological polar surface area (TPSA) is 51.8 Å². The van der Waals surface area contributed by atoms with Crippen molar-refractivity contribution in [2.75, 3.05) is 5.73 Å². The van der Waals surface area contributed by atoms with Gasteiger partial charge in [-0.25, -0.2) is 0 Å². The molecule has 0 bridgehead atoms. The van der Waals surface area contributed by atoms with Gasteiger partial charge in [-0.3, -0.25) is 0 Å². The van der Waals surface area contributed by atoms with Gasteiger partial charge in [0.2, 0.25) is 0 Å². The lowest BCUT2D eigenvalue weighted by atomic mass is 10.1. The van der Waals surface area contributed by atoms with Crippen LogP contribution in [0.2, 0.25) is 0 Å². The van der Waals surface area contributed by atoms with Crippen LogP contribution in [-0.4, -0.2) is 10.2 Å². The van der Waals surface area contributed by atoms with Gasteiger partial charge in [-0.2, -0.15) is 0 Å². The first-order valence-electron chi connectivity index (χ1n) is 5.28. The SMILES string of the molecule is Cc1c(N)cccc1-c1nnc(C(C)C)s1. The molecule has 2 aromatic rings. The van der Waals surface area contributed by atoms with Crippen LogP contribution in [0.1, 0.15) is 30.3 Å². The maximum atomic E-state index is 5.88. The minimum Gasteiger partial charge on any atom is -0.398 e. The van der Waals surface area contributed by atoms with Crippen molar-refractivity contribution < 1.29 is 0 Å². The van der Waals surface area contributed by atoms with Crippen LogP contribution in [0.5, 0.6) is 0 Å². The van der Waals surface area contributed by atoms with E-state index >= 15 is 0 Å². The van der Waals surface area contributed by atoms with E-state index in [1.807, 2.05) is 25.1 Å². The zero-order valence-electron chi connectivity index (χ0n) is 9.69. The second-order valence-electron chi connectivity index (χ2n) is 4.12. The first-order valence-corrected chi connectivity index (χ1v) is 6.10. The van der Waals surface area contributed by atoms with Crippen molar-refractivity contribution in [1.29, 1.82) is 0 Å². The predicted octanol–water partition coefficient (Wildman–Crippen LogP) is 3.22. The lowest BCUT2D eigenvalue weighted by molar-refractivity contribution is 0.825. The van der Waals surface area contributed by atoms with E-state index in [0.29, 0.717) is 5.92 Å². The number of nitrogens with two attached hydrogens (primary N) is 1. The number of rotatable bonds is 2. The Hall–Kier alpha value is -1.42. The summed E-state index contributed by atoms with van der Waals surface area (Å²) >= 11 is 1.64. The van der Waals surface area contributed by atoms with Crippen molar-refractivity contribution >= 4 is 17.0 Å².